The number of rotatable bonds is 5. The van der Waals surface area contributed by atoms with Crippen molar-refractivity contribution in [3.8, 4) is 0 Å². The van der Waals surface area contributed by atoms with E-state index in [0.717, 1.165) is 19.3 Å². The Labute approximate surface area is 109 Å². The third kappa shape index (κ3) is 5.38. The van der Waals surface area contributed by atoms with Gasteiger partial charge in [-0.05, 0) is 31.1 Å². The molecule has 0 unspecified atom stereocenters. The number of nitrogens with one attached hydrogen (secondary N) is 1. The zero-order chi connectivity index (χ0) is 13.5. The Morgan fingerprint density at radius 1 is 1.33 bits per heavy atom. The van der Waals surface area contributed by atoms with Crippen LogP contribution in [0.2, 0.25) is 0 Å². The van der Waals surface area contributed by atoms with Crippen LogP contribution in [0.4, 0.5) is 4.79 Å². The molecular weight excluding hydrogens is 232 g/mol. The SMILES string of the molecule is CC(C)CCNC(=O)N1CCC(CC(=O)O)CC1. The molecule has 104 valence electrons. The van der Waals surface area contributed by atoms with E-state index in [2.05, 4.69) is 19.2 Å². The maximum atomic E-state index is 11.8. The lowest BCUT2D eigenvalue weighted by molar-refractivity contribution is -0.138. The Bertz CT molecular complexity index is 284. The predicted octanol–water partition coefficient (Wildman–Crippen LogP) is 1.93. The Balaban J connectivity index is 2.21. The van der Waals surface area contributed by atoms with Gasteiger partial charge in [0.1, 0.15) is 0 Å². The Morgan fingerprint density at radius 2 is 1.94 bits per heavy atom. The molecule has 1 aliphatic heterocycles. The predicted molar refractivity (Wildman–Crippen MR) is 69.4 cm³/mol. The van der Waals surface area contributed by atoms with Crippen LogP contribution in [0.3, 0.4) is 0 Å². The van der Waals surface area contributed by atoms with Crippen LogP contribution in [0.5, 0.6) is 0 Å². The van der Waals surface area contributed by atoms with Gasteiger partial charge in [0.15, 0.2) is 0 Å². The van der Waals surface area contributed by atoms with Crippen molar-refractivity contribution in [2.45, 2.75) is 39.5 Å². The molecule has 0 saturated carbocycles. The quantitative estimate of drug-likeness (QED) is 0.789. The first-order valence-corrected chi connectivity index (χ1v) is 6.73. The third-order valence-corrected chi connectivity index (χ3v) is 3.36. The monoisotopic (exact) mass is 256 g/mol. The summed E-state index contributed by atoms with van der Waals surface area (Å²) in [6.07, 6.45) is 2.80. The fourth-order valence-electron chi connectivity index (χ4n) is 2.17. The van der Waals surface area contributed by atoms with Crippen molar-refractivity contribution in [1.82, 2.24) is 10.2 Å². The number of amides is 2. The Kier molecular flexibility index (Phi) is 5.95. The molecule has 1 fully saturated rings. The fraction of sp³-hybridized carbons (Fsp3) is 0.846. The van der Waals surface area contributed by atoms with Crippen LogP contribution >= 0.6 is 0 Å². The van der Waals surface area contributed by atoms with E-state index in [1.807, 2.05) is 0 Å². The van der Waals surface area contributed by atoms with Crippen LogP contribution in [0.15, 0.2) is 0 Å². The number of hydrogen-bond donors (Lipinski definition) is 2. The van der Waals surface area contributed by atoms with E-state index in [9.17, 15) is 9.59 Å². The van der Waals surface area contributed by atoms with Gasteiger partial charge in [-0.1, -0.05) is 13.8 Å². The van der Waals surface area contributed by atoms with E-state index in [-0.39, 0.29) is 18.4 Å². The van der Waals surface area contributed by atoms with Gasteiger partial charge >= 0.3 is 12.0 Å². The first-order valence-electron chi connectivity index (χ1n) is 6.73. The van der Waals surface area contributed by atoms with Crippen molar-refractivity contribution in [3.63, 3.8) is 0 Å². The van der Waals surface area contributed by atoms with Gasteiger partial charge < -0.3 is 15.3 Å². The van der Waals surface area contributed by atoms with Crippen molar-refractivity contribution >= 4 is 12.0 Å². The summed E-state index contributed by atoms with van der Waals surface area (Å²) in [6.45, 7) is 6.32. The molecule has 1 aliphatic rings. The zero-order valence-corrected chi connectivity index (χ0v) is 11.3. The Hall–Kier alpha value is -1.26. The molecule has 0 aromatic rings. The summed E-state index contributed by atoms with van der Waals surface area (Å²) in [5.74, 6) is 0.0728. The van der Waals surface area contributed by atoms with E-state index < -0.39 is 5.97 Å². The van der Waals surface area contributed by atoms with Crippen molar-refractivity contribution in [3.05, 3.63) is 0 Å². The van der Waals surface area contributed by atoms with Crippen LogP contribution < -0.4 is 5.32 Å². The summed E-state index contributed by atoms with van der Waals surface area (Å²) in [6, 6.07) is -0.00979. The van der Waals surface area contributed by atoms with E-state index in [0.29, 0.717) is 25.6 Å². The second-order valence-electron chi connectivity index (χ2n) is 5.44. The molecule has 0 atom stereocenters. The third-order valence-electron chi connectivity index (χ3n) is 3.36. The van der Waals surface area contributed by atoms with Crippen molar-refractivity contribution in [1.29, 1.82) is 0 Å². The number of carbonyl (C=O) groups excluding carboxylic acids is 1. The van der Waals surface area contributed by atoms with E-state index in [1.165, 1.54) is 0 Å². The number of carboxylic acids is 1. The van der Waals surface area contributed by atoms with Gasteiger partial charge in [-0.3, -0.25) is 4.79 Å². The molecule has 1 saturated heterocycles. The number of piperidine rings is 1. The van der Waals surface area contributed by atoms with Crippen LogP contribution in [-0.2, 0) is 4.79 Å². The second-order valence-corrected chi connectivity index (χ2v) is 5.44. The lowest BCUT2D eigenvalue weighted by atomic mass is 9.94. The summed E-state index contributed by atoms with van der Waals surface area (Å²) in [4.78, 5) is 24.2. The second kappa shape index (κ2) is 7.24. The van der Waals surface area contributed by atoms with E-state index >= 15 is 0 Å². The van der Waals surface area contributed by atoms with Gasteiger partial charge in [-0.15, -0.1) is 0 Å². The summed E-state index contributed by atoms with van der Waals surface area (Å²) in [7, 11) is 0. The summed E-state index contributed by atoms with van der Waals surface area (Å²) >= 11 is 0. The molecule has 0 bridgehead atoms. The molecule has 5 heteroatoms. The number of urea groups is 1. The highest BCUT2D eigenvalue weighted by Crippen LogP contribution is 2.20. The summed E-state index contributed by atoms with van der Waals surface area (Å²) < 4.78 is 0. The molecule has 5 nitrogen and oxygen atoms in total. The molecule has 1 heterocycles. The molecule has 0 aliphatic carbocycles. The van der Waals surface area contributed by atoms with Crippen LogP contribution in [-0.4, -0.2) is 41.6 Å². The molecule has 0 radical (unpaired) electrons. The van der Waals surface area contributed by atoms with Crippen LogP contribution in [0, 0.1) is 11.8 Å². The van der Waals surface area contributed by atoms with Gasteiger partial charge in [-0.2, -0.15) is 0 Å². The zero-order valence-electron chi connectivity index (χ0n) is 11.3. The minimum Gasteiger partial charge on any atom is -0.481 e. The Morgan fingerprint density at radius 3 is 2.44 bits per heavy atom. The molecule has 0 aromatic carbocycles. The van der Waals surface area contributed by atoms with Crippen LogP contribution in [0.25, 0.3) is 0 Å². The van der Waals surface area contributed by atoms with E-state index in [4.69, 9.17) is 5.11 Å². The number of carbonyl (C=O) groups is 2. The molecule has 18 heavy (non-hydrogen) atoms. The minimum absolute atomic E-state index is 0.00979. The average molecular weight is 256 g/mol. The van der Waals surface area contributed by atoms with Gasteiger partial charge in [0.2, 0.25) is 0 Å². The minimum atomic E-state index is -0.741. The lowest BCUT2D eigenvalue weighted by Crippen LogP contribution is -2.45. The average Bonchev–Trinajstić information content (AvgIpc) is 2.28. The molecule has 1 rings (SSSR count). The number of hydrogen-bond acceptors (Lipinski definition) is 2. The highest BCUT2D eigenvalue weighted by molar-refractivity contribution is 5.74. The smallest absolute Gasteiger partial charge is 0.317 e. The number of aliphatic carboxylic acids is 1. The van der Waals surface area contributed by atoms with Gasteiger partial charge in [0.05, 0.1) is 0 Å². The molecule has 0 spiro atoms. The largest absolute Gasteiger partial charge is 0.481 e. The topological polar surface area (TPSA) is 69.6 Å². The highest BCUT2D eigenvalue weighted by Gasteiger charge is 2.23. The normalized spacial score (nSPS) is 16.9. The number of nitrogens with zero attached hydrogens (tertiary/aromatic N) is 1. The van der Waals surface area contributed by atoms with Gasteiger partial charge in [-0.25, -0.2) is 4.79 Å². The maximum absolute atomic E-state index is 11.8. The van der Waals surface area contributed by atoms with Crippen molar-refractivity contribution < 1.29 is 14.7 Å². The molecular formula is C13H24N2O3. The summed E-state index contributed by atoms with van der Waals surface area (Å²) in [5.41, 5.74) is 0. The van der Waals surface area contributed by atoms with Crippen LogP contribution in [0.1, 0.15) is 39.5 Å². The standard InChI is InChI=1S/C13H24N2O3/c1-10(2)3-6-14-13(18)15-7-4-11(5-8-15)9-12(16)17/h10-11H,3-9H2,1-2H3,(H,14,18)(H,16,17). The fourth-order valence-corrected chi connectivity index (χ4v) is 2.17. The highest BCUT2D eigenvalue weighted by atomic mass is 16.4. The number of likely N-dealkylation sites (tertiary alicyclic amines) is 1. The van der Waals surface area contributed by atoms with Gasteiger partial charge in [0, 0.05) is 26.1 Å². The number of carboxylic acid groups (broad SMARTS) is 1. The van der Waals surface area contributed by atoms with Crippen molar-refractivity contribution in [2.75, 3.05) is 19.6 Å². The first kappa shape index (κ1) is 14.8. The summed E-state index contributed by atoms with van der Waals surface area (Å²) in [5, 5.41) is 11.6. The van der Waals surface area contributed by atoms with Crippen molar-refractivity contribution in [2.24, 2.45) is 11.8 Å². The molecule has 0 aromatic heterocycles. The first-order chi connectivity index (χ1) is 8.49. The molecule has 2 amide bonds. The maximum Gasteiger partial charge on any atom is 0.317 e. The molecule has 2 N–H and O–H groups in total. The van der Waals surface area contributed by atoms with E-state index in [1.54, 1.807) is 4.90 Å². The lowest BCUT2D eigenvalue weighted by Gasteiger charge is -2.31. The van der Waals surface area contributed by atoms with Gasteiger partial charge in [0.25, 0.3) is 0 Å².